The molecule has 8 heteroatoms. The maximum atomic E-state index is 13.0. The van der Waals surface area contributed by atoms with E-state index < -0.39 is 17.9 Å². The predicted molar refractivity (Wildman–Crippen MR) is 120 cm³/mol. The summed E-state index contributed by atoms with van der Waals surface area (Å²) >= 11 is 0. The van der Waals surface area contributed by atoms with E-state index in [0.717, 1.165) is 22.5 Å². The van der Waals surface area contributed by atoms with E-state index in [-0.39, 0.29) is 12.1 Å². The van der Waals surface area contributed by atoms with Gasteiger partial charge in [-0.25, -0.2) is 4.68 Å². The molecule has 1 aliphatic heterocycles. The Morgan fingerprint density at radius 1 is 1.00 bits per heavy atom. The van der Waals surface area contributed by atoms with Crippen LogP contribution in [0.5, 0.6) is 0 Å². The lowest BCUT2D eigenvalue weighted by Crippen LogP contribution is -2.39. The van der Waals surface area contributed by atoms with Gasteiger partial charge < -0.3 is 11.1 Å². The first-order valence-electron chi connectivity index (χ1n) is 9.99. The molecule has 2 heterocycles. The van der Waals surface area contributed by atoms with Crippen molar-refractivity contribution in [3.63, 3.8) is 0 Å². The van der Waals surface area contributed by atoms with Crippen LogP contribution in [0.3, 0.4) is 0 Å². The van der Waals surface area contributed by atoms with Crippen molar-refractivity contribution in [2.75, 3.05) is 10.3 Å². The highest BCUT2D eigenvalue weighted by Crippen LogP contribution is 2.25. The zero-order chi connectivity index (χ0) is 22.1. The lowest BCUT2D eigenvalue weighted by atomic mass is 10.1. The Hall–Kier alpha value is -3.94. The minimum atomic E-state index is -0.714. The Morgan fingerprint density at radius 3 is 2.32 bits per heavy atom. The highest BCUT2D eigenvalue weighted by Gasteiger charge is 2.35. The molecule has 0 unspecified atom stereocenters. The van der Waals surface area contributed by atoms with Crippen LogP contribution < -0.4 is 16.1 Å². The summed E-state index contributed by atoms with van der Waals surface area (Å²) in [4.78, 5) is 25.0. The van der Waals surface area contributed by atoms with Crippen molar-refractivity contribution in [1.82, 2.24) is 9.78 Å². The summed E-state index contributed by atoms with van der Waals surface area (Å²) in [5.41, 5.74) is 10.3. The first-order chi connectivity index (χ1) is 14.8. The number of carbonyl (C=O) groups is 2. The zero-order valence-corrected chi connectivity index (χ0v) is 17.7. The van der Waals surface area contributed by atoms with Gasteiger partial charge in [0, 0.05) is 12.5 Å². The van der Waals surface area contributed by atoms with Gasteiger partial charge in [-0.2, -0.15) is 10.2 Å². The number of carbonyl (C=O) groups excluding carboxylic acids is 2. The summed E-state index contributed by atoms with van der Waals surface area (Å²) in [6, 6.07) is 16.3. The van der Waals surface area contributed by atoms with E-state index in [0.29, 0.717) is 11.5 Å². The molecule has 2 aromatic carbocycles. The summed E-state index contributed by atoms with van der Waals surface area (Å²) in [6.45, 7) is 5.89. The molecule has 0 bridgehead atoms. The van der Waals surface area contributed by atoms with Gasteiger partial charge in [-0.15, -0.1) is 0 Å². The number of anilines is 2. The van der Waals surface area contributed by atoms with Crippen LogP contribution >= 0.6 is 0 Å². The first kappa shape index (κ1) is 20.3. The number of nitrogens with zero attached hydrogens (tertiary/aromatic N) is 4. The number of hydrogen-bond donors (Lipinski definition) is 2. The number of aromatic nitrogens is 2. The van der Waals surface area contributed by atoms with Crippen molar-refractivity contribution in [2.24, 2.45) is 10.8 Å². The van der Waals surface area contributed by atoms with Crippen molar-refractivity contribution in [3.05, 3.63) is 71.4 Å². The van der Waals surface area contributed by atoms with E-state index in [4.69, 9.17) is 5.73 Å². The van der Waals surface area contributed by atoms with Crippen LogP contribution in [-0.2, 0) is 9.59 Å². The second-order valence-corrected chi connectivity index (χ2v) is 7.73. The molecule has 31 heavy (non-hydrogen) atoms. The van der Waals surface area contributed by atoms with E-state index in [1.165, 1.54) is 5.01 Å². The number of nitrogens with one attached hydrogen (secondary N) is 1. The highest BCUT2D eigenvalue weighted by molar-refractivity contribution is 6.44. The number of para-hydroxylation sites is 1. The molecule has 1 aromatic heterocycles. The quantitative estimate of drug-likeness (QED) is 0.667. The normalized spacial score (nSPS) is 15.6. The Bertz CT molecular complexity index is 1160. The Labute approximate surface area is 180 Å². The molecule has 1 aliphatic rings. The number of nitrogens with two attached hydrogens (primary N) is 1. The van der Waals surface area contributed by atoms with E-state index in [1.807, 2.05) is 63.2 Å². The number of aryl methyl sites for hydroxylation is 3. The third kappa shape index (κ3) is 4.18. The molecule has 4 rings (SSSR count). The van der Waals surface area contributed by atoms with Crippen molar-refractivity contribution in [2.45, 2.75) is 33.2 Å². The smallest absolute Gasteiger partial charge is 0.273 e. The van der Waals surface area contributed by atoms with Gasteiger partial charge in [-0.3, -0.25) is 14.6 Å². The molecule has 0 saturated heterocycles. The summed E-state index contributed by atoms with van der Waals surface area (Å²) in [5, 5.41) is 13.3. The largest absolute Gasteiger partial charge is 0.368 e. The number of rotatable bonds is 5. The minimum Gasteiger partial charge on any atom is -0.368 e. The number of hydrogen-bond acceptors (Lipinski definition) is 5. The molecule has 2 amide bonds. The molecule has 0 radical (unpaired) electrons. The average Bonchev–Trinajstić information content (AvgIpc) is 3.32. The van der Waals surface area contributed by atoms with Crippen LogP contribution in [0.15, 0.2) is 59.7 Å². The third-order valence-corrected chi connectivity index (χ3v) is 5.05. The van der Waals surface area contributed by atoms with E-state index in [9.17, 15) is 9.59 Å². The molecule has 158 valence electrons. The summed E-state index contributed by atoms with van der Waals surface area (Å²) in [5.74, 6) is -0.397. The van der Waals surface area contributed by atoms with Crippen molar-refractivity contribution >= 4 is 29.0 Å². The fourth-order valence-corrected chi connectivity index (χ4v) is 3.73. The number of amides is 2. The van der Waals surface area contributed by atoms with Crippen molar-refractivity contribution in [3.8, 4) is 5.69 Å². The Kier molecular flexibility index (Phi) is 5.29. The van der Waals surface area contributed by atoms with Crippen LogP contribution in [-0.4, -0.2) is 33.3 Å². The van der Waals surface area contributed by atoms with E-state index in [1.54, 1.807) is 10.7 Å². The fourth-order valence-electron chi connectivity index (χ4n) is 3.73. The Morgan fingerprint density at radius 2 is 1.68 bits per heavy atom. The second kappa shape index (κ2) is 8.06. The lowest BCUT2D eigenvalue weighted by molar-refractivity contribution is -0.119. The molecule has 0 fully saturated rings. The summed E-state index contributed by atoms with van der Waals surface area (Å²) in [7, 11) is 0. The third-order valence-electron chi connectivity index (χ3n) is 5.05. The SMILES string of the molecule is Cc1cc(C)cc(-n2nc(C)cc2NC(=O)C2=NN(c3ccccc3)[C@@H](C(N)=O)C2)c1. The van der Waals surface area contributed by atoms with E-state index >= 15 is 0 Å². The molecular weight excluding hydrogens is 392 g/mol. The Balaban J connectivity index is 1.62. The minimum absolute atomic E-state index is 0.132. The van der Waals surface area contributed by atoms with Gasteiger partial charge in [-0.1, -0.05) is 24.3 Å². The van der Waals surface area contributed by atoms with Gasteiger partial charge in [0.1, 0.15) is 17.6 Å². The van der Waals surface area contributed by atoms with E-state index in [2.05, 4.69) is 21.6 Å². The first-order valence-corrected chi connectivity index (χ1v) is 9.99. The van der Waals surface area contributed by atoms with Crippen LogP contribution in [0.4, 0.5) is 11.5 Å². The fraction of sp³-hybridized carbons (Fsp3) is 0.217. The van der Waals surface area contributed by atoms with Gasteiger partial charge in [-0.05, 0) is 56.2 Å². The number of hydrazone groups is 1. The molecule has 3 N–H and O–H groups in total. The highest BCUT2D eigenvalue weighted by atomic mass is 16.2. The maximum Gasteiger partial charge on any atom is 0.273 e. The summed E-state index contributed by atoms with van der Waals surface area (Å²) < 4.78 is 1.70. The molecular formula is C23H24N6O2. The number of primary amides is 1. The average molecular weight is 416 g/mol. The summed E-state index contributed by atoms with van der Waals surface area (Å²) in [6.07, 6.45) is 0.132. The van der Waals surface area contributed by atoms with Crippen LogP contribution in [0.25, 0.3) is 5.69 Å². The molecule has 0 saturated carbocycles. The molecule has 1 atom stereocenters. The second-order valence-electron chi connectivity index (χ2n) is 7.73. The zero-order valence-electron chi connectivity index (χ0n) is 17.7. The molecule has 8 nitrogen and oxygen atoms in total. The standard InChI is InChI=1S/C23H24N6O2/c1-14-9-15(2)11-18(10-14)29-21(12-16(3)26-29)25-23(31)19-13-20(22(24)30)28(27-19)17-7-5-4-6-8-17/h4-12,20H,13H2,1-3H3,(H2,24,30)(H,25,31)/t20-/m1/s1. The van der Waals surface area contributed by atoms with Gasteiger partial charge in [0.05, 0.1) is 17.1 Å². The maximum absolute atomic E-state index is 13.0. The van der Waals surface area contributed by atoms with Gasteiger partial charge >= 0.3 is 0 Å². The topological polar surface area (TPSA) is 106 Å². The molecule has 3 aromatic rings. The molecule has 0 aliphatic carbocycles. The van der Waals surface area contributed by atoms with Crippen molar-refractivity contribution < 1.29 is 9.59 Å². The van der Waals surface area contributed by atoms with Gasteiger partial charge in [0.2, 0.25) is 5.91 Å². The van der Waals surface area contributed by atoms with Crippen molar-refractivity contribution in [1.29, 1.82) is 0 Å². The van der Waals surface area contributed by atoms with Crippen LogP contribution in [0.1, 0.15) is 23.2 Å². The number of benzene rings is 2. The lowest BCUT2D eigenvalue weighted by Gasteiger charge is -2.20. The van der Waals surface area contributed by atoms with Gasteiger partial charge in [0.15, 0.2) is 0 Å². The molecule has 0 spiro atoms. The van der Waals surface area contributed by atoms with Crippen LogP contribution in [0, 0.1) is 20.8 Å². The predicted octanol–water partition coefficient (Wildman–Crippen LogP) is 2.86. The monoisotopic (exact) mass is 416 g/mol. The van der Waals surface area contributed by atoms with Gasteiger partial charge in [0.25, 0.3) is 5.91 Å². The van der Waals surface area contributed by atoms with Crippen LogP contribution in [0.2, 0.25) is 0 Å².